The highest BCUT2D eigenvalue weighted by atomic mass is 16.2. The minimum atomic E-state index is 0.213. The molecular weight excluding hydrogens is 216 g/mol. The number of likely N-dealkylation sites (tertiary alicyclic amines) is 1. The van der Waals surface area contributed by atoms with Crippen molar-refractivity contribution in [2.75, 3.05) is 30.7 Å². The van der Waals surface area contributed by atoms with Crippen LogP contribution in [-0.4, -0.2) is 35.4 Å². The number of hydrogen-bond donors (Lipinski definition) is 2. The summed E-state index contributed by atoms with van der Waals surface area (Å²) >= 11 is 0. The maximum absolute atomic E-state index is 11.8. The summed E-state index contributed by atoms with van der Waals surface area (Å²) in [5.74, 6) is 0.867. The number of nitrogens with zero attached hydrogens (tertiary/aromatic N) is 2. The molecule has 17 heavy (non-hydrogen) atoms. The first kappa shape index (κ1) is 11.7. The molecule has 3 N–H and O–H groups in total. The van der Waals surface area contributed by atoms with Gasteiger partial charge in [-0.15, -0.1) is 0 Å². The normalized spacial score (nSPS) is 14.9. The standard InChI is InChI=1S/C12H18N4O/c13-10-4-3-6-14-12(10)15-7-5-11(17)16-8-1-2-9-16/h3-4,6H,1-2,5,7-9,13H2,(H,14,15). The largest absolute Gasteiger partial charge is 0.396 e. The Labute approximate surface area is 101 Å². The summed E-state index contributed by atoms with van der Waals surface area (Å²) < 4.78 is 0. The number of anilines is 2. The van der Waals surface area contributed by atoms with Gasteiger partial charge in [-0.1, -0.05) is 0 Å². The van der Waals surface area contributed by atoms with Crippen LogP contribution >= 0.6 is 0 Å². The predicted octanol–water partition coefficient (Wildman–Crippen LogP) is 1.09. The average molecular weight is 234 g/mol. The van der Waals surface area contributed by atoms with Gasteiger partial charge in [0.1, 0.15) is 5.82 Å². The number of nitrogen functional groups attached to an aromatic ring is 1. The first-order valence-corrected chi connectivity index (χ1v) is 5.99. The fourth-order valence-corrected chi connectivity index (χ4v) is 1.98. The fourth-order valence-electron chi connectivity index (χ4n) is 1.98. The summed E-state index contributed by atoms with van der Waals surface area (Å²) in [5, 5.41) is 3.08. The van der Waals surface area contributed by atoms with E-state index in [9.17, 15) is 4.79 Å². The van der Waals surface area contributed by atoms with Crippen molar-refractivity contribution in [1.82, 2.24) is 9.88 Å². The van der Waals surface area contributed by atoms with Gasteiger partial charge in [0.25, 0.3) is 0 Å². The molecule has 1 aliphatic heterocycles. The van der Waals surface area contributed by atoms with Crippen LogP contribution in [0.4, 0.5) is 11.5 Å². The van der Waals surface area contributed by atoms with Gasteiger partial charge in [0.15, 0.2) is 0 Å². The molecule has 92 valence electrons. The molecule has 2 heterocycles. The van der Waals surface area contributed by atoms with Gasteiger partial charge < -0.3 is 16.0 Å². The second-order valence-electron chi connectivity index (χ2n) is 4.21. The summed E-state index contributed by atoms with van der Waals surface area (Å²) in [6, 6.07) is 3.58. The van der Waals surface area contributed by atoms with E-state index < -0.39 is 0 Å². The van der Waals surface area contributed by atoms with Gasteiger partial charge in [0.05, 0.1) is 5.69 Å². The lowest BCUT2D eigenvalue weighted by atomic mass is 10.3. The SMILES string of the molecule is Nc1cccnc1NCCC(=O)N1CCCC1. The molecule has 0 radical (unpaired) electrons. The molecule has 1 amide bonds. The lowest BCUT2D eigenvalue weighted by Gasteiger charge is -2.15. The Morgan fingerprint density at radius 2 is 2.24 bits per heavy atom. The third kappa shape index (κ3) is 3.09. The average Bonchev–Trinajstić information content (AvgIpc) is 2.85. The lowest BCUT2D eigenvalue weighted by Crippen LogP contribution is -2.29. The van der Waals surface area contributed by atoms with E-state index in [1.54, 1.807) is 18.3 Å². The van der Waals surface area contributed by atoms with Crippen LogP contribution in [0.25, 0.3) is 0 Å². The van der Waals surface area contributed by atoms with Gasteiger partial charge >= 0.3 is 0 Å². The van der Waals surface area contributed by atoms with Gasteiger partial charge in [-0.2, -0.15) is 0 Å². The highest BCUT2D eigenvalue weighted by Gasteiger charge is 2.17. The maximum Gasteiger partial charge on any atom is 0.224 e. The second-order valence-corrected chi connectivity index (χ2v) is 4.21. The van der Waals surface area contributed by atoms with E-state index in [1.165, 1.54) is 0 Å². The number of rotatable bonds is 4. The Kier molecular flexibility index (Phi) is 3.80. The van der Waals surface area contributed by atoms with Crippen molar-refractivity contribution >= 4 is 17.4 Å². The van der Waals surface area contributed by atoms with Crippen molar-refractivity contribution in [2.24, 2.45) is 0 Å². The zero-order valence-corrected chi connectivity index (χ0v) is 9.85. The van der Waals surface area contributed by atoms with Crippen molar-refractivity contribution in [2.45, 2.75) is 19.3 Å². The molecular formula is C12H18N4O. The highest BCUT2D eigenvalue weighted by molar-refractivity contribution is 5.77. The third-order valence-electron chi connectivity index (χ3n) is 2.93. The molecule has 1 saturated heterocycles. The number of nitrogens with two attached hydrogens (primary N) is 1. The third-order valence-corrected chi connectivity index (χ3v) is 2.93. The summed E-state index contributed by atoms with van der Waals surface area (Å²) in [4.78, 5) is 17.8. The van der Waals surface area contributed by atoms with E-state index in [0.29, 0.717) is 24.5 Å². The van der Waals surface area contributed by atoms with E-state index in [2.05, 4.69) is 10.3 Å². The minimum Gasteiger partial charge on any atom is -0.396 e. The van der Waals surface area contributed by atoms with Crippen molar-refractivity contribution in [1.29, 1.82) is 0 Å². The topological polar surface area (TPSA) is 71.2 Å². The second kappa shape index (κ2) is 5.52. The van der Waals surface area contributed by atoms with E-state index in [0.717, 1.165) is 25.9 Å². The smallest absolute Gasteiger partial charge is 0.224 e. The number of aromatic nitrogens is 1. The molecule has 5 nitrogen and oxygen atoms in total. The Balaban J connectivity index is 1.76. The number of carbonyl (C=O) groups excluding carboxylic acids is 1. The Morgan fingerprint density at radius 1 is 1.47 bits per heavy atom. The van der Waals surface area contributed by atoms with Crippen LogP contribution in [0.3, 0.4) is 0 Å². The highest BCUT2D eigenvalue weighted by Crippen LogP contribution is 2.13. The molecule has 1 aromatic rings. The molecule has 0 aromatic carbocycles. The van der Waals surface area contributed by atoms with E-state index in [-0.39, 0.29) is 5.91 Å². The van der Waals surface area contributed by atoms with E-state index in [1.807, 2.05) is 4.90 Å². The van der Waals surface area contributed by atoms with Crippen molar-refractivity contribution in [3.05, 3.63) is 18.3 Å². The first-order chi connectivity index (χ1) is 8.27. The maximum atomic E-state index is 11.8. The Bertz CT molecular complexity index is 388. The zero-order chi connectivity index (χ0) is 12.1. The van der Waals surface area contributed by atoms with Crippen LogP contribution in [-0.2, 0) is 4.79 Å². The van der Waals surface area contributed by atoms with Gasteiger partial charge in [-0.3, -0.25) is 4.79 Å². The molecule has 1 aromatic heterocycles. The van der Waals surface area contributed by atoms with Crippen LogP contribution in [0, 0.1) is 0 Å². The molecule has 0 aliphatic carbocycles. The first-order valence-electron chi connectivity index (χ1n) is 5.99. The molecule has 1 aliphatic rings. The predicted molar refractivity (Wildman–Crippen MR) is 67.6 cm³/mol. The Morgan fingerprint density at radius 3 is 2.94 bits per heavy atom. The van der Waals surface area contributed by atoms with Crippen LogP contribution in [0.5, 0.6) is 0 Å². The van der Waals surface area contributed by atoms with Gasteiger partial charge in [0, 0.05) is 32.3 Å². The summed E-state index contributed by atoms with van der Waals surface area (Å²) in [6.07, 6.45) is 4.44. The van der Waals surface area contributed by atoms with E-state index in [4.69, 9.17) is 5.73 Å². The monoisotopic (exact) mass is 234 g/mol. The summed E-state index contributed by atoms with van der Waals surface area (Å²) in [5.41, 5.74) is 6.35. The fraction of sp³-hybridized carbons (Fsp3) is 0.500. The van der Waals surface area contributed by atoms with Crippen LogP contribution < -0.4 is 11.1 Å². The number of pyridine rings is 1. The van der Waals surface area contributed by atoms with Crippen LogP contribution in [0.1, 0.15) is 19.3 Å². The zero-order valence-electron chi connectivity index (χ0n) is 9.85. The molecule has 0 saturated carbocycles. The minimum absolute atomic E-state index is 0.213. The quantitative estimate of drug-likeness (QED) is 0.818. The van der Waals surface area contributed by atoms with Crippen molar-refractivity contribution in [3.63, 3.8) is 0 Å². The summed E-state index contributed by atoms with van der Waals surface area (Å²) in [6.45, 7) is 2.39. The van der Waals surface area contributed by atoms with Crippen molar-refractivity contribution in [3.8, 4) is 0 Å². The van der Waals surface area contributed by atoms with Gasteiger partial charge in [-0.05, 0) is 25.0 Å². The molecule has 0 bridgehead atoms. The summed E-state index contributed by atoms with van der Waals surface area (Å²) in [7, 11) is 0. The molecule has 0 atom stereocenters. The van der Waals surface area contributed by atoms with Crippen LogP contribution in [0.15, 0.2) is 18.3 Å². The molecule has 5 heteroatoms. The Hall–Kier alpha value is -1.78. The van der Waals surface area contributed by atoms with E-state index >= 15 is 0 Å². The number of hydrogen-bond acceptors (Lipinski definition) is 4. The molecule has 0 spiro atoms. The molecule has 0 unspecified atom stereocenters. The lowest BCUT2D eigenvalue weighted by molar-refractivity contribution is -0.129. The molecule has 2 rings (SSSR count). The molecule has 1 fully saturated rings. The van der Waals surface area contributed by atoms with Gasteiger partial charge in [0.2, 0.25) is 5.91 Å². The van der Waals surface area contributed by atoms with Gasteiger partial charge in [-0.25, -0.2) is 4.98 Å². The van der Waals surface area contributed by atoms with Crippen molar-refractivity contribution < 1.29 is 4.79 Å². The van der Waals surface area contributed by atoms with Crippen LogP contribution in [0.2, 0.25) is 0 Å². The number of carbonyl (C=O) groups is 1. The number of amides is 1. The number of nitrogens with one attached hydrogen (secondary N) is 1.